The van der Waals surface area contributed by atoms with Crippen LogP contribution in [-0.2, 0) is 16.0 Å². The van der Waals surface area contributed by atoms with Gasteiger partial charge in [0.2, 0.25) is 0 Å². The highest BCUT2D eigenvalue weighted by Crippen LogP contribution is 2.10. The van der Waals surface area contributed by atoms with Gasteiger partial charge in [0.05, 0.1) is 25.4 Å². The summed E-state index contributed by atoms with van der Waals surface area (Å²) in [5.41, 5.74) is 7.71. The first-order valence-corrected chi connectivity index (χ1v) is 3.91. The number of carbonyl (C=O) groups is 1. The molecule has 1 heterocycles. The Balaban J connectivity index is 2.87. The number of rotatable bonds is 2. The largest absolute Gasteiger partial charge is 0.469 e. The lowest BCUT2D eigenvalue weighted by atomic mass is 10.1. The number of pyridine rings is 1. The van der Waals surface area contributed by atoms with Crippen molar-refractivity contribution in [3.63, 3.8) is 0 Å². The van der Waals surface area contributed by atoms with E-state index in [1.54, 1.807) is 12.3 Å². The molecule has 0 atom stereocenters. The lowest BCUT2D eigenvalue weighted by molar-refractivity contribution is -0.139. The molecule has 0 aliphatic heterocycles. The highest BCUT2D eigenvalue weighted by atomic mass is 16.5. The van der Waals surface area contributed by atoms with Crippen molar-refractivity contribution >= 4 is 11.7 Å². The fourth-order valence-corrected chi connectivity index (χ4v) is 1.00. The molecule has 2 N–H and O–H groups in total. The number of aromatic nitrogens is 1. The summed E-state index contributed by atoms with van der Waals surface area (Å²) in [6.45, 7) is 1.83. The highest BCUT2D eigenvalue weighted by molar-refractivity contribution is 5.73. The van der Waals surface area contributed by atoms with Crippen LogP contribution < -0.4 is 5.73 Å². The number of carbonyl (C=O) groups excluding carboxylic acids is 1. The van der Waals surface area contributed by atoms with Crippen molar-refractivity contribution in [2.75, 3.05) is 12.8 Å². The summed E-state index contributed by atoms with van der Waals surface area (Å²) in [6, 6.07) is 1.74. The fourth-order valence-electron chi connectivity index (χ4n) is 1.00. The zero-order valence-electron chi connectivity index (χ0n) is 7.70. The number of nitrogens with zero attached hydrogens (tertiary/aromatic N) is 1. The summed E-state index contributed by atoms with van der Waals surface area (Å²) >= 11 is 0. The zero-order valence-corrected chi connectivity index (χ0v) is 7.70. The Labute approximate surface area is 76.7 Å². The standard InChI is InChI=1S/C9H12N2O2/c1-6-7(4-9(12)13-2)3-8(10)5-11-6/h3,5H,4,10H2,1-2H3. The van der Waals surface area contributed by atoms with E-state index in [9.17, 15) is 4.79 Å². The van der Waals surface area contributed by atoms with E-state index in [1.165, 1.54) is 7.11 Å². The monoisotopic (exact) mass is 180 g/mol. The predicted octanol–water partition coefficient (Wildman–Crippen LogP) is 0.688. The molecule has 0 spiro atoms. The number of methoxy groups -OCH3 is 1. The Bertz CT molecular complexity index is 323. The van der Waals surface area contributed by atoms with Crippen molar-refractivity contribution in [1.29, 1.82) is 0 Å². The number of nitrogens with two attached hydrogens (primary N) is 1. The van der Waals surface area contributed by atoms with E-state index in [2.05, 4.69) is 9.72 Å². The molecule has 0 radical (unpaired) electrons. The van der Waals surface area contributed by atoms with Crippen LogP contribution in [0.15, 0.2) is 12.3 Å². The molecule has 13 heavy (non-hydrogen) atoms. The van der Waals surface area contributed by atoms with E-state index < -0.39 is 0 Å². The van der Waals surface area contributed by atoms with Gasteiger partial charge in [0.1, 0.15) is 0 Å². The zero-order chi connectivity index (χ0) is 9.84. The Kier molecular flexibility index (Phi) is 2.84. The summed E-state index contributed by atoms with van der Waals surface area (Å²) < 4.78 is 4.54. The first-order valence-electron chi connectivity index (χ1n) is 3.91. The molecule has 0 fully saturated rings. The number of hydrogen-bond acceptors (Lipinski definition) is 4. The molecule has 4 heteroatoms. The van der Waals surface area contributed by atoms with Gasteiger partial charge in [-0.25, -0.2) is 0 Å². The number of nitrogen functional groups attached to an aromatic ring is 1. The van der Waals surface area contributed by atoms with Crippen LogP contribution in [0.5, 0.6) is 0 Å². The second-order valence-electron chi connectivity index (χ2n) is 2.77. The predicted molar refractivity (Wildman–Crippen MR) is 49.1 cm³/mol. The number of hydrogen-bond donors (Lipinski definition) is 1. The van der Waals surface area contributed by atoms with Crippen molar-refractivity contribution in [1.82, 2.24) is 4.98 Å². The van der Waals surface area contributed by atoms with Gasteiger partial charge in [0.25, 0.3) is 0 Å². The molecule has 0 aliphatic carbocycles. The number of ether oxygens (including phenoxy) is 1. The van der Waals surface area contributed by atoms with Gasteiger partial charge < -0.3 is 10.5 Å². The molecule has 0 aliphatic rings. The smallest absolute Gasteiger partial charge is 0.310 e. The summed E-state index contributed by atoms with van der Waals surface area (Å²) in [4.78, 5) is 15.0. The summed E-state index contributed by atoms with van der Waals surface area (Å²) in [7, 11) is 1.36. The second kappa shape index (κ2) is 3.89. The van der Waals surface area contributed by atoms with E-state index in [1.807, 2.05) is 6.92 Å². The summed E-state index contributed by atoms with van der Waals surface area (Å²) in [5, 5.41) is 0. The Morgan fingerprint density at radius 2 is 2.38 bits per heavy atom. The Morgan fingerprint density at radius 3 is 3.00 bits per heavy atom. The summed E-state index contributed by atoms with van der Waals surface area (Å²) in [6.07, 6.45) is 1.79. The molecule has 70 valence electrons. The average molecular weight is 180 g/mol. The first kappa shape index (κ1) is 9.51. The minimum atomic E-state index is -0.282. The van der Waals surface area contributed by atoms with E-state index in [0.29, 0.717) is 5.69 Å². The molecule has 0 aromatic carbocycles. The Morgan fingerprint density at radius 1 is 1.69 bits per heavy atom. The highest BCUT2D eigenvalue weighted by Gasteiger charge is 2.06. The molecule has 1 aromatic heterocycles. The third-order valence-electron chi connectivity index (χ3n) is 1.78. The van der Waals surface area contributed by atoms with Gasteiger partial charge in [-0.05, 0) is 18.6 Å². The maximum absolute atomic E-state index is 11.0. The average Bonchev–Trinajstić information content (AvgIpc) is 2.11. The van der Waals surface area contributed by atoms with Crippen molar-refractivity contribution in [3.8, 4) is 0 Å². The molecular formula is C9H12N2O2. The van der Waals surface area contributed by atoms with Gasteiger partial charge >= 0.3 is 5.97 Å². The molecule has 0 bridgehead atoms. The van der Waals surface area contributed by atoms with Crippen LogP contribution in [0.4, 0.5) is 5.69 Å². The lowest BCUT2D eigenvalue weighted by Crippen LogP contribution is -2.07. The van der Waals surface area contributed by atoms with Crippen LogP contribution in [0, 0.1) is 6.92 Å². The molecule has 0 saturated carbocycles. The van der Waals surface area contributed by atoms with E-state index >= 15 is 0 Å². The van der Waals surface area contributed by atoms with Gasteiger partial charge in [-0.2, -0.15) is 0 Å². The van der Waals surface area contributed by atoms with Crippen LogP contribution in [-0.4, -0.2) is 18.1 Å². The van der Waals surface area contributed by atoms with Gasteiger partial charge in [0, 0.05) is 5.69 Å². The first-order chi connectivity index (χ1) is 6.13. The maximum atomic E-state index is 11.0. The van der Waals surface area contributed by atoms with Gasteiger partial charge in [-0.1, -0.05) is 0 Å². The normalized spacial score (nSPS) is 9.69. The molecule has 0 saturated heterocycles. The van der Waals surface area contributed by atoms with Gasteiger partial charge in [0.15, 0.2) is 0 Å². The Hall–Kier alpha value is -1.58. The topological polar surface area (TPSA) is 65.2 Å². The van der Waals surface area contributed by atoms with Crippen LogP contribution in [0.2, 0.25) is 0 Å². The number of esters is 1. The van der Waals surface area contributed by atoms with Crippen molar-refractivity contribution in [2.24, 2.45) is 0 Å². The third kappa shape index (κ3) is 2.43. The minimum absolute atomic E-state index is 0.223. The minimum Gasteiger partial charge on any atom is -0.469 e. The maximum Gasteiger partial charge on any atom is 0.310 e. The number of aryl methyl sites for hydroxylation is 1. The number of anilines is 1. The van der Waals surface area contributed by atoms with E-state index in [0.717, 1.165) is 11.3 Å². The molecular weight excluding hydrogens is 168 g/mol. The van der Waals surface area contributed by atoms with E-state index in [4.69, 9.17) is 5.73 Å². The quantitative estimate of drug-likeness (QED) is 0.680. The van der Waals surface area contributed by atoms with E-state index in [-0.39, 0.29) is 12.4 Å². The van der Waals surface area contributed by atoms with Gasteiger partial charge in [-0.3, -0.25) is 9.78 Å². The van der Waals surface area contributed by atoms with Crippen molar-refractivity contribution < 1.29 is 9.53 Å². The second-order valence-corrected chi connectivity index (χ2v) is 2.77. The molecule has 4 nitrogen and oxygen atoms in total. The van der Waals surface area contributed by atoms with Gasteiger partial charge in [-0.15, -0.1) is 0 Å². The molecule has 0 amide bonds. The van der Waals surface area contributed by atoms with Crippen LogP contribution in [0.3, 0.4) is 0 Å². The van der Waals surface area contributed by atoms with Crippen LogP contribution in [0.1, 0.15) is 11.3 Å². The SMILES string of the molecule is COC(=O)Cc1cc(N)cnc1C. The van der Waals surface area contributed by atoms with Crippen molar-refractivity contribution in [2.45, 2.75) is 13.3 Å². The summed E-state index contributed by atoms with van der Waals surface area (Å²) in [5.74, 6) is -0.282. The third-order valence-corrected chi connectivity index (χ3v) is 1.78. The molecule has 1 aromatic rings. The van der Waals surface area contributed by atoms with Crippen LogP contribution >= 0.6 is 0 Å². The lowest BCUT2D eigenvalue weighted by Gasteiger charge is -2.04. The van der Waals surface area contributed by atoms with Crippen LogP contribution in [0.25, 0.3) is 0 Å². The fraction of sp³-hybridized carbons (Fsp3) is 0.333. The molecule has 1 rings (SSSR count). The molecule has 0 unspecified atom stereocenters. The van der Waals surface area contributed by atoms with Crippen molar-refractivity contribution in [3.05, 3.63) is 23.5 Å².